The van der Waals surface area contributed by atoms with Crippen molar-refractivity contribution in [2.24, 2.45) is 0 Å². The molecule has 0 aliphatic heterocycles. The van der Waals surface area contributed by atoms with E-state index in [1.807, 2.05) is 31.2 Å². The quantitative estimate of drug-likeness (QED) is 0.888. The molecule has 0 atom stereocenters. The molecule has 0 bridgehead atoms. The Kier molecular flexibility index (Phi) is 5.33. The lowest BCUT2D eigenvalue weighted by molar-refractivity contribution is -0.115. The van der Waals surface area contributed by atoms with E-state index in [-0.39, 0.29) is 5.91 Å². The number of carbonyl (C=O) groups is 1. The number of aryl methyl sites for hydroxylation is 1. The van der Waals surface area contributed by atoms with Crippen LogP contribution in [0.15, 0.2) is 29.8 Å². The van der Waals surface area contributed by atoms with E-state index in [2.05, 4.69) is 29.0 Å². The Bertz CT molecular complexity index is 588. The number of hydrogen-bond acceptors (Lipinski definition) is 4. The highest BCUT2D eigenvalue weighted by molar-refractivity contribution is 7.09. The monoisotopic (exact) mass is 303 g/mol. The van der Waals surface area contributed by atoms with Gasteiger partial charge in [0.05, 0.1) is 17.6 Å². The number of nitrogens with one attached hydrogen (secondary N) is 1. The van der Waals surface area contributed by atoms with Crippen molar-refractivity contribution >= 4 is 28.6 Å². The largest absolute Gasteiger partial charge is 0.372 e. The number of nitrogens with zero attached hydrogens (tertiary/aromatic N) is 2. The van der Waals surface area contributed by atoms with Crippen molar-refractivity contribution in [2.75, 3.05) is 23.3 Å². The average molecular weight is 303 g/mol. The van der Waals surface area contributed by atoms with E-state index >= 15 is 0 Å². The minimum absolute atomic E-state index is 0.00191. The molecule has 0 saturated heterocycles. The third kappa shape index (κ3) is 4.04. The lowest BCUT2D eigenvalue weighted by Crippen LogP contribution is -2.21. The van der Waals surface area contributed by atoms with E-state index in [0.29, 0.717) is 6.42 Å². The molecular formula is C16H21N3OS. The van der Waals surface area contributed by atoms with Crippen LogP contribution in [0.5, 0.6) is 0 Å². The van der Waals surface area contributed by atoms with Crippen LogP contribution in [0, 0.1) is 6.92 Å². The molecule has 0 saturated carbocycles. The molecular weight excluding hydrogens is 282 g/mol. The second-order valence-electron chi connectivity index (χ2n) is 4.81. The predicted molar refractivity (Wildman–Crippen MR) is 89.2 cm³/mol. The van der Waals surface area contributed by atoms with Gasteiger partial charge < -0.3 is 10.2 Å². The molecule has 2 aromatic rings. The molecule has 2 rings (SSSR count). The number of thiazole rings is 1. The van der Waals surface area contributed by atoms with E-state index in [1.54, 1.807) is 5.51 Å². The zero-order valence-corrected chi connectivity index (χ0v) is 13.5. The topological polar surface area (TPSA) is 45.2 Å². The zero-order chi connectivity index (χ0) is 15.2. The normalized spacial score (nSPS) is 10.4. The predicted octanol–water partition coefficient (Wildman–Crippen LogP) is 3.48. The van der Waals surface area contributed by atoms with Gasteiger partial charge >= 0.3 is 0 Å². The first-order valence-electron chi connectivity index (χ1n) is 7.17. The zero-order valence-electron chi connectivity index (χ0n) is 12.7. The fourth-order valence-corrected chi connectivity index (χ4v) is 2.97. The Hall–Kier alpha value is -1.88. The summed E-state index contributed by atoms with van der Waals surface area (Å²) in [4.78, 5) is 19.5. The standard InChI is InChI=1S/C16H21N3OS/c1-4-19(5-2)14-8-6-13(7-9-14)18-16(20)10-15-12(3)17-11-21-15/h6-9,11H,4-5,10H2,1-3H3,(H,18,20). The van der Waals surface area contributed by atoms with Crippen LogP contribution in [-0.4, -0.2) is 24.0 Å². The van der Waals surface area contributed by atoms with Crippen molar-refractivity contribution in [2.45, 2.75) is 27.2 Å². The van der Waals surface area contributed by atoms with E-state index in [0.717, 1.165) is 29.3 Å². The minimum Gasteiger partial charge on any atom is -0.372 e. The summed E-state index contributed by atoms with van der Waals surface area (Å²) in [6.07, 6.45) is 0.383. The van der Waals surface area contributed by atoms with Gasteiger partial charge in [0.25, 0.3) is 0 Å². The molecule has 1 amide bonds. The maximum absolute atomic E-state index is 12.0. The maximum Gasteiger partial charge on any atom is 0.229 e. The summed E-state index contributed by atoms with van der Waals surface area (Å²) in [5, 5.41) is 2.93. The number of rotatable bonds is 6. The van der Waals surface area contributed by atoms with Crippen LogP contribution in [0.1, 0.15) is 24.4 Å². The number of anilines is 2. The van der Waals surface area contributed by atoms with Gasteiger partial charge in [-0.05, 0) is 45.0 Å². The van der Waals surface area contributed by atoms with Crippen LogP contribution < -0.4 is 10.2 Å². The summed E-state index contributed by atoms with van der Waals surface area (Å²) < 4.78 is 0. The van der Waals surface area contributed by atoms with Crippen molar-refractivity contribution in [1.29, 1.82) is 0 Å². The summed E-state index contributed by atoms with van der Waals surface area (Å²) in [5.74, 6) is -0.00191. The highest BCUT2D eigenvalue weighted by Gasteiger charge is 2.09. The molecule has 0 fully saturated rings. The van der Waals surface area contributed by atoms with Crippen LogP contribution >= 0.6 is 11.3 Å². The van der Waals surface area contributed by atoms with Crippen LogP contribution in [0.3, 0.4) is 0 Å². The average Bonchev–Trinajstić information content (AvgIpc) is 2.87. The van der Waals surface area contributed by atoms with E-state index < -0.39 is 0 Å². The van der Waals surface area contributed by atoms with Crippen LogP contribution in [0.4, 0.5) is 11.4 Å². The molecule has 0 unspecified atom stereocenters. The fraction of sp³-hybridized carbons (Fsp3) is 0.375. The van der Waals surface area contributed by atoms with Gasteiger partial charge in [0, 0.05) is 29.3 Å². The summed E-state index contributed by atoms with van der Waals surface area (Å²) >= 11 is 1.52. The molecule has 0 spiro atoms. The first kappa shape index (κ1) is 15.5. The third-order valence-electron chi connectivity index (χ3n) is 3.45. The van der Waals surface area contributed by atoms with Gasteiger partial charge in [-0.2, -0.15) is 0 Å². The van der Waals surface area contributed by atoms with Crippen molar-refractivity contribution in [3.8, 4) is 0 Å². The SMILES string of the molecule is CCN(CC)c1ccc(NC(=O)Cc2scnc2C)cc1. The van der Waals surface area contributed by atoms with Gasteiger partial charge in [0.15, 0.2) is 0 Å². The molecule has 0 aliphatic carbocycles. The summed E-state index contributed by atoms with van der Waals surface area (Å²) in [5.41, 5.74) is 4.72. The Morgan fingerprint density at radius 2 is 1.90 bits per heavy atom. The Balaban J connectivity index is 1.97. The summed E-state index contributed by atoms with van der Waals surface area (Å²) in [7, 11) is 0. The van der Waals surface area contributed by atoms with E-state index in [9.17, 15) is 4.79 Å². The van der Waals surface area contributed by atoms with Gasteiger partial charge in [-0.1, -0.05) is 0 Å². The van der Waals surface area contributed by atoms with Crippen LogP contribution in [0.2, 0.25) is 0 Å². The molecule has 112 valence electrons. The second kappa shape index (κ2) is 7.22. The van der Waals surface area contributed by atoms with Crippen LogP contribution in [-0.2, 0) is 11.2 Å². The van der Waals surface area contributed by atoms with Crippen LogP contribution in [0.25, 0.3) is 0 Å². The lowest BCUT2D eigenvalue weighted by Gasteiger charge is -2.21. The molecule has 1 aromatic heterocycles. The molecule has 1 N–H and O–H groups in total. The molecule has 1 aromatic carbocycles. The Morgan fingerprint density at radius 1 is 1.24 bits per heavy atom. The smallest absolute Gasteiger partial charge is 0.229 e. The highest BCUT2D eigenvalue weighted by Crippen LogP contribution is 2.18. The number of carbonyl (C=O) groups excluding carboxylic acids is 1. The molecule has 4 nitrogen and oxygen atoms in total. The number of amides is 1. The first-order valence-corrected chi connectivity index (χ1v) is 8.05. The van der Waals surface area contributed by atoms with Gasteiger partial charge in [-0.3, -0.25) is 4.79 Å². The molecule has 1 heterocycles. The fourth-order valence-electron chi connectivity index (χ4n) is 2.19. The molecule has 5 heteroatoms. The Morgan fingerprint density at radius 3 is 2.43 bits per heavy atom. The number of hydrogen-bond donors (Lipinski definition) is 1. The summed E-state index contributed by atoms with van der Waals surface area (Å²) in [6, 6.07) is 7.98. The van der Waals surface area contributed by atoms with Crippen molar-refractivity contribution in [1.82, 2.24) is 4.98 Å². The van der Waals surface area contributed by atoms with Crippen molar-refractivity contribution < 1.29 is 4.79 Å². The third-order valence-corrected chi connectivity index (χ3v) is 4.38. The molecule has 0 aliphatic rings. The summed E-state index contributed by atoms with van der Waals surface area (Å²) in [6.45, 7) is 8.16. The van der Waals surface area contributed by atoms with Gasteiger partial charge in [0.2, 0.25) is 5.91 Å². The van der Waals surface area contributed by atoms with Crippen molar-refractivity contribution in [3.63, 3.8) is 0 Å². The first-order chi connectivity index (χ1) is 10.1. The number of benzene rings is 1. The van der Waals surface area contributed by atoms with Gasteiger partial charge in [-0.15, -0.1) is 11.3 Å². The maximum atomic E-state index is 12.0. The molecule has 0 radical (unpaired) electrons. The minimum atomic E-state index is -0.00191. The lowest BCUT2D eigenvalue weighted by atomic mass is 10.2. The van der Waals surface area contributed by atoms with Crippen molar-refractivity contribution in [3.05, 3.63) is 40.3 Å². The highest BCUT2D eigenvalue weighted by atomic mass is 32.1. The molecule has 21 heavy (non-hydrogen) atoms. The number of aromatic nitrogens is 1. The van der Waals surface area contributed by atoms with Gasteiger partial charge in [-0.25, -0.2) is 4.98 Å². The second-order valence-corrected chi connectivity index (χ2v) is 5.74. The van der Waals surface area contributed by atoms with Gasteiger partial charge in [0.1, 0.15) is 0 Å². The van der Waals surface area contributed by atoms with E-state index in [1.165, 1.54) is 17.0 Å². The van der Waals surface area contributed by atoms with E-state index in [4.69, 9.17) is 0 Å². The Labute approximate surface area is 129 Å².